The zero-order chi connectivity index (χ0) is 21.6. The fourth-order valence-corrected chi connectivity index (χ4v) is 3.77. The number of anilines is 1. The second kappa shape index (κ2) is 7.11. The average Bonchev–Trinajstić information content (AvgIpc) is 3.16. The van der Waals surface area contributed by atoms with E-state index in [4.69, 9.17) is 15.6 Å². The Hall–Kier alpha value is -3.45. The summed E-state index contributed by atoms with van der Waals surface area (Å²) in [7, 11) is 0. The second-order valence-electron chi connectivity index (χ2n) is 7.90. The molecule has 0 radical (unpaired) electrons. The molecular formula is C23H21FN2O4. The average molecular weight is 408 g/mol. The van der Waals surface area contributed by atoms with Gasteiger partial charge in [0.2, 0.25) is 0 Å². The highest BCUT2D eigenvalue weighted by atomic mass is 19.1. The lowest BCUT2D eigenvalue weighted by molar-refractivity contribution is -0.138. The molecule has 0 aromatic heterocycles. The Morgan fingerprint density at radius 2 is 1.93 bits per heavy atom. The summed E-state index contributed by atoms with van der Waals surface area (Å²) in [5.41, 5.74) is 8.89. The molecule has 2 aromatic carbocycles. The van der Waals surface area contributed by atoms with Crippen molar-refractivity contribution in [2.24, 2.45) is 5.73 Å². The maximum absolute atomic E-state index is 13.5. The van der Waals surface area contributed by atoms with Crippen molar-refractivity contribution in [3.63, 3.8) is 0 Å². The van der Waals surface area contributed by atoms with Crippen LogP contribution >= 0.6 is 0 Å². The number of benzene rings is 2. The van der Waals surface area contributed by atoms with Crippen molar-refractivity contribution in [2.75, 3.05) is 5.32 Å². The molecule has 1 atom stereocenters. The Kier molecular flexibility index (Phi) is 4.70. The van der Waals surface area contributed by atoms with Gasteiger partial charge in [0.25, 0.3) is 5.91 Å². The molecule has 2 aromatic rings. The number of allylic oxidation sites excluding steroid dienone is 1. The molecule has 30 heavy (non-hydrogen) atoms. The zero-order valence-electron chi connectivity index (χ0n) is 16.5. The first-order valence-electron chi connectivity index (χ1n) is 9.50. The van der Waals surface area contributed by atoms with Crippen molar-refractivity contribution in [1.29, 1.82) is 0 Å². The molecule has 2 heterocycles. The Labute approximate surface area is 172 Å². The van der Waals surface area contributed by atoms with Crippen molar-refractivity contribution >= 4 is 28.7 Å². The predicted molar refractivity (Wildman–Crippen MR) is 111 cm³/mol. The van der Waals surface area contributed by atoms with E-state index in [0.717, 1.165) is 16.7 Å². The lowest BCUT2D eigenvalue weighted by Crippen LogP contribution is -2.32. The van der Waals surface area contributed by atoms with Crippen LogP contribution in [0.3, 0.4) is 0 Å². The van der Waals surface area contributed by atoms with E-state index >= 15 is 0 Å². The van der Waals surface area contributed by atoms with Crippen LogP contribution in [0, 0.1) is 5.82 Å². The number of nitrogens with two attached hydrogens (primary N) is 1. The van der Waals surface area contributed by atoms with E-state index in [1.165, 1.54) is 12.1 Å². The van der Waals surface area contributed by atoms with Gasteiger partial charge in [0.15, 0.2) is 0 Å². The standard InChI is InChI=1S/C23H21FN2O4/c1-23(2)16(13-5-3-12(4-6-13)9-17(25)22(28)29)11-19(30-23)20-15-8-7-14(24)10-18(15)26-21(20)27/h3-8,10-11,17H,9,25H2,1-2H3,(H,26,27)(H,28,29). The maximum Gasteiger partial charge on any atom is 0.320 e. The third-order valence-electron chi connectivity index (χ3n) is 5.30. The van der Waals surface area contributed by atoms with E-state index in [-0.39, 0.29) is 12.3 Å². The molecule has 154 valence electrons. The molecule has 4 rings (SSSR count). The first-order valence-corrected chi connectivity index (χ1v) is 9.50. The number of carbonyl (C=O) groups excluding carboxylic acids is 1. The van der Waals surface area contributed by atoms with Gasteiger partial charge in [0.05, 0.1) is 11.3 Å². The maximum atomic E-state index is 13.5. The Morgan fingerprint density at radius 3 is 2.60 bits per heavy atom. The summed E-state index contributed by atoms with van der Waals surface area (Å²) in [6, 6.07) is 10.6. The number of amides is 1. The van der Waals surface area contributed by atoms with E-state index < -0.39 is 23.4 Å². The molecule has 1 unspecified atom stereocenters. The van der Waals surface area contributed by atoms with Gasteiger partial charge in [-0.05, 0) is 55.7 Å². The summed E-state index contributed by atoms with van der Waals surface area (Å²) >= 11 is 0. The summed E-state index contributed by atoms with van der Waals surface area (Å²) in [5.74, 6) is -1.38. The molecule has 2 aliphatic heterocycles. The molecule has 1 amide bonds. The van der Waals surface area contributed by atoms with E-state index in [1.807, 2.05) is 44.2 Å². The molecule has 2 aliphatic rings. The number of halogens is 1. The first kappa shape index (κ1) is 19.8. The highest BCUT2D eigenvalue weighted by Crippen LogP contribution is 2.44. The normalized spacial score (nSPS) is 20.3. The van der Waals surface area contributed by atoms with Crippen molar-refractivity contribution in [3.05, 3.63) is 76.8 Å². The van der Waals surface area contributed by atoms with Gasteiger partial charge in [-0.25, -0.2) is 4.39 Å². The van der Waals surface area contributed by atoms with Gasteiger partial charge in [0, 0.05) is 11.1 Å². The molecule has 6 nitrogen and oxygen atoms in total. The number of carbonyl (C=O) groups is 2. The number of aliphatic carboxylic acids is 1. The Bertz CT molecular complexity index is 1120. The van der Waals surface area contributed by atoms with Gasteiger partial charge in [-0.15, -0.1) is 0 Å². The Balaban J connectivity index is 1.70. The van der Waals surface area contributed by atoms with Crippen molar-refractivity contribution in [2.45, 2.75) is 31.9 Å². The second-order valence-corrected chi connectivity index (χ2v) is 7.90. The van der Waals surface area contributed by atoms with Crippen LogP contribution in [0.2, 0.25) is 0 Å². The van der Waals surface area contributed by atoms with Gasteiger partial charge in [-0.3, -0.25) is 9.59 Å². The fraction of sp³-hybridized carbons (Fsp3) is 0.217. The molecule has 4 N–H and O–H groups in total. The zero-order valence-corrected chi connectivity index (χ0v) is 16.5. The summed E-state index contributed by atoms with van der Waals surface area (Å²) in [6.45, 7) is 3.80. The molecule has 0 saturated carbocycles. The monoisotopic (exact) mass is 408 g/mol. The summed E-state index contributed by atoms with van der Waals surface area (Å²) in [4.78, 5) is 23.5. The summed E-state index contributed by atoms with van der Waals surface area (Å²) in [5, 5.41) is 11.6. The van der Waals surface area contributed by atoms with Crippen LogP contribution in [-0.4, -0.2) is 28.6 Å². The number of fused-ring (bicyclic) bond motifs is 1. The number of carboxylic acid groups (broad SMARTS) is 1. The van der Waals surface area contributed by atoms with Gasteiger partial charge < -0.3 is 20.9 Å². The van der Waals surface area contributed by atoms with E-state index in [0.29, 0.717) is 22.6 Å². The number of hydrogen-bond donors (Lipinski definition) is 3. The molecule has 0 bridgehead atoms. The van der Waals surface area contributed by atoms with Crippen LogP contribution in [0.15, 0.2) is 54.3 Å². The first-order chi connectivity index (χ1) is 14.2. The molecule has 0 spiro atoms. The van der Waals surface area contributed by atoms with E-state index in [9.17, 15) is 14.0 Å². The molecule has 0 aliphatic carbocycles. The van der Waals surface area contributed by atoms with Crippen LogP contribution in [0.5, 0.6) is 0 Å². The lowest BCUT2D eigenvalue weighted by Gasteiger charge is -2.23. The predicted octanol–water partition coefficient (Wildman–Crippen LogP) is 3.34. The van der Waals surface area contributed by atoms with Crippen molar-refractivity contribution in [3.8, 4) is 0 Å². The molecule has 0 fully saturated rings. The minimum absolute atomic E-state index is 0.234. The van der Waals surface area contributed by atoms with Crippen LogP contribution in [0.25, 0.3) is 11.1 Å². The highest BCUT2D eigenvalue weighted by molar-refractivity contribution is 6.32. The smallest absolute Gasteiger partial charge is 0.320 e. The highest BCUT2D eigenvalue weighted by Gasteiger charge is 2.38. The van der Waals surface area contributed by atoms with Gasteiger partial charge >= 0.3 is 5.97 Å². The van der Waals surface area contributed by atoms with Crippen LogP contribution < -0.4 is 11.1 Å². The molecule has 7 heteroatoms. The van der Waals surface area contributed by atoms with Crippen LogP contribution in [0.1, 0.15) is 30.5 Å². The largest absolute Gasteiger partial charge is 0.482 e. The van der Waals surface area contributed by atoms with E-state index in [2.05, 4.69) is 5.32 Å². The minimum atomic E-state index is -1.04. The molecular weight excluding hydrogens is 387 g/mol. The SMILES string of the molecule is CC1(C)OC(=C2C(=O)Nc3cc(F)ccc32)C=C1c1ccc(CC(N)C(=O)O)cc1. The third kappa shape index (κ3) is 3.48. The fourth-order valence-electron chi connectivity index (χ4n) is 3.77. The van der Waals surface area contributed by atoms with E-state index in [1.54, 1.807) is 6.07 Å². The summed E-state index contributed by atoms with van der Waals surface area (Å²) in [6.07, 6.45) is 2.06. The quantitative estimate of drug-likeness (QED) is 0.674. The lowest BCUT2D eigenvalue weighted by atomic mass is 9.91. The van der Waals surface area contributed by atoms with Gasteiger partial charge in [-0.1, -0.05) is 24.3 Å². The number of ether oxygens (including phenoxy) is 1. The third-order valence-corrected chi connectivity index (χ3v) is 5.30. The summed E-state index contributed by atoms with van der Waals surface area (Å²) < 4.78 is 19.6. The Morgan fingerprint density at radius 1 is 1.23 bits per heavy atom. The number of carboxylic acids is 1. The minimum Gasteiger partial charge on any atom is -0.482 e. The topological polar surface area (TPSA) is 102 Å². The van der Waals surface area contributed by atoms with Crippen molar-refractivity contribution in [1.82, 2.24) is 0 Å². The van der Waals surface area contributed by atoms with Crippen molar-refractivity contribution < 1.29 is 23.8 Å². The number of hydrogen-bond acceptors (Lipinski definition) is 4. The van der Waals surface area contributed by atoms with Crippen LogP contribution in [-0.2, 0) is 20.7 Å². The number of rotatable bonds is 4. The van der Waals surface area contributed by atoms with Crippen LogP contribution in [0.4, 0.5) is 10.1 Å². The number of nitrogens with one attached hydrogen (secondary N) is 1. The molecule has 0 saturated heterocycles. The van der Waals surface area contributed by atoms with Gasteiger partial charge in [-0.2, -0.15) is 0 Å². The van der Waals surface area contributed by atoms with Gasteiger partial charge in [0.1, 0.15) is 23.2 Å².